The van der Waals surface area contributed by atoms with Crippen molar-refractivity contribution in [2.24, 2.45) is 5.92 Å². The molecule has 0 aromatic carbocycles. The topological polar surface area (TPSA) is 123 Å². The van der Waals surface area contributed by atoms with E-state index in [1.807, 2.05) is 47.6 Å². The lowest BCUT2D eigenvalue weighted by molar-refractivity contribution is 0.145. The number of carbonyl (C=O) groups is 1. The quantitative estimate of drug-likeness (QED) is 0.176. The third-order valence-corrected chi connectivity index (χ3v) is 7.33. The molecule has 0 spiro atoms. The SMILES string of the molecule is C#C.CC.CCC(CCNc1nc(NCCOC)nc(C)c1-c1nc2c(C)nccc2s1)C(C)(C)NC(=O)OC. The van der Waals surface area contributed by atoms with Crippen LogP contribution in [0.5, 0.6) is 0 Å². The smallest absolute Gasteiger partial charge is 0.407 e. The van der Waals surface area contributed by atoms with Gasteiger partial charge in [-0.05, 0) is 46.1 Å². The highest BCUT2D eigenvalue weighted by Gasteiger charge is 2.30. The van der Waals surface area contributed by atoms with Gasteiger partial charge >= 0.3 is 6.09 Å². The largest absolute Gasteiger partial charge is 0.453 e. The Hall–Kier alpha value is -3.49. The van der Waals surface area contributed by atoms with Crippen molar-refractivity contribution < 1.29 is 14.3 Å². The van der Waals surface area contributed by atoms with Gasteiger partial charge in [0, 0.05) is 31.9 Å². The van der Waals surface area contributed by atoms with Crippen LogP contribution in [0.25, 0.3) is 20.8 Å². The van der Waals surface area contributed by atoms with Gasteiger partial charge in [-0.2, -0.15) is 4.98 Å². The minimum atomic E-state index is -0.424. The van der Waals surface area contributed by atoms with E-state index in [0.29, 0.717) is 25.6 Å². The zero-order valence-electron chi connectivity index (χ0n) is 25.3. The molecule has 0 saturated heterocycles. The van der Waals surface area contributed by atoms with Gasteiger partial charge in [0.15, 0.2) is 0 Å². The predicted molar refractivity (Wildman–Crippen MR) is 166 cm³/mol. The number of carbonyl (C=O) groups excluding carboxylic acids is 1. The van der Waals surface area contributed by atoms with E-state index < -0.39 is 11.6 Å². The first-order chi connectivity index (χ1) is 19.2. The number of methoxy groups -OCH3 is 2. The van der Waals surface area contributed by atoms with Gasteiger partial charge in [0.2, 0.25) is 5.95 Å². The summed E-state index contributed by atoms with van der Waals surface area (Å²) in [5, 5.41) is 10.6. The zero-order valence-corrected chi connectivity index (χ0v) is 26.2. The van der Waals surface area contributed by atoms with Crippen LogP contribution in [0.4, 0.5) is 16.6 Å². The molecule has 0 radical (unpaired) electrons. The van der Waals surface area contributed by atoms with E-state index in [9.17, 15) is 4.79 Å². The summed E-state index contributed by atoms with van der Waals surface area (Å²) in [5.41, 5.74) is 3.09. The van der Waals surface area contributed by atoms with Crippen molar-refractivity contribution in [2.45, 2.75) is 66.8 Å². The van der Waals surface area contributed by atoms with Crippen LogP contribution in [0.3, 0.4) is 0 Å². The summed E-state index contributed by atoms with van der Waals surface area (Å²) in [6.45, 7) is 15.9. The summed E-state index contributed by atoms with van der Waals surface area (Å²) in [6, 6.07) is 1.98. The number of nitrogens with zero attached hydrogens (tertiary/aromatic N) is 4. The zero-order chi connectivity index (χ0) is 30.3. The van der Waals surface area contributed by atoms with Crippen LogP contribution in [-0.2, 0) is 9.47 Å². The Bertz CT molecular complexity index is 1230. The second-order valence-electron chi connectivity index (χ2n) is 9.20. The highest BCUT2D eigenvalue weighted by molar-refractivity contribution is 7.21. The number of thiazole rings is 1. The first-order valence-corrected chi connectivity index (χ1v) is 14.3. The van der Waals surface area contributed by atoms with Crippen LogP contribution in [0.1, 0.15) is 58.8 Å². The van der Waals surface area contributed by atoms with Gasteiger partial charge in [-0.15, -0.1) is 24.2 Å². The number of hydrogen-bond donors (Lipinski definition) is 3. The molecule has 1 amide bonds. The Morgan fingerprint density at radius 3 is 2.38 bits per heavy atom. The summed E-state index contributed by atoms with van der Waals surface area (Å²) in [5.74, 6) is 1.49. The van der Waals surface area contributed by atoms with Gasteiger partial charge in [0.25, 0.3) is 0 Å². The molecule has 0 aliphatic rings. The molecule has 3 aromatic heterocycles. The lowest BCUT2D eigenvalue weighted by Crippen LogP contribution is -2.49. The molecule has 10 nitrogen and oxygen atoms in total. The first-order valence-electron chi connectivity index (χ1n) is 13.5. The molecule has 1 unspecified atom stereocenters. The van der Waals surface area contributed by atoms with Crippen molar-refractivity contribution >= 4 is 39.4 Å². The number of pyridine rings is 1. The molecular formula is C29H45N7O3S. The maximum Gasteiger partial charge on any atom is 0.407 e. The fraction of sp³-hybridized carbons (Fsp3) is 0.552. The standard InChI is InChI=1S/C25H37N7O3S.C2H6.C2H2/c1-8-17(25(4,5)32-24(33)35-7)9-11-27-21-19(15(2)29-23(31-21)28-13-14-34-6)22-30-20-16(3)26-12-10-18(20)36-22;2*1-2/h10,12,17H,8-9,11,13-14H2,1-7H3,(H,32,33)(H2,27,28,29,31);1-2H3;1-2H. The van der Waals surface area contributed by atoms with E-state index in [0.717, 1.165) is 50.8 Å². The van der Waals surface area contributed by atoms with E-state index in [4.69, 9.17) is 19.4 Å². The molecule has 11 heteroatoms. The molecule has 3 aromatic rings. The Kier molecular flexibility index (Phi) is 14.9. The highest BCUT2D eigenvalue weighted by Crippen LogP contribution is 2.36. The molecule has 0 aliphatic heterocycles. The van der Waals surface area contributed by atoms with Crippen molar-refractivity contribution in [3.63, 3.8) is 0 Å². The number of alkyl carbamates (subject to hydrolysis) is 1. The molecule has 1 atom stereocenters. The van der Waals surface area contributed by atoms with Gasteiger partial charge in [0.05, 0.1) is 35.4 Å². The Balaban J connectivity index is 0.00000191. The molecule has 3 heterocycles. The van der Waals surface area contributed by atoms with Crippen LogP contribution >= 0.6 is 11.3 Å². The van der Waals surface area contributed by atoms with Crippen molar-refractivity contribution in [1.82, 2.24) is 25.3 Å². The van der Waals surface area contributed by atoms with Gasteiger partial charge in [-0.3, -0.25) is 4.98 Å². The Morgan fingerprint density at radius 2 is 1.77 bits per heavy atom. The number of amides is 1. The Labute approximate surface area is 243 Å². The number of nitrogens with one attached hydrogen (secondary N) is 3. The summed E-state index contributed by atoms with van der Waals surface area (Å²) < 4.78 is 11.0. The number of fused-ring (bicyclic) bond motifs is 1. The number of ether oxygens (including phenoxy) is 2. The van der Waals surface area contributed by atoms with Gasteiger partial charge in [0.1, 0.15) is 16.3 Å². The molecule has 40 heavy (non-hydrogen) atoms. The maximum absolute atomic E-state index is 11.8. The molecule has 3 N–H and O–H groups in total. The van der Waals surface area contributed by atoms with Crippen LogP contribution in [-0.4, -0.2) is 65.5 Å². The monoisotopic (exact) mass is 571 g/mol. The summed E-state index contributed by atoms with van der Waals surface area (Å²) in [4.78, 5) is 30.6. The van der Waals surface area contributed by atoms with E-state index >= 15 is 0 Å². The third kappa shape index (κ3) is 9.31. The van der Waals surface area contributed by atoms with Crippen LogP contribution in [0.2, 0.25) is 0 Å². The van der Waals surface area contributed by atoms with Crippen LogP contribution < -0.4 is 16.0 Å². The number of anilines is 2. The Morgan fingerprint density at radius 1 is 1.07 bits per heavy atom. The average Bonchev–Trinajstić information content (AvgIpc) is 3.38. The lowest BCUT2D eigenvalue weighted by Gasteiger charge is -2.34. The minimum Gasteiger partial charge on any atom is -0.453 e. The third-order valence-electron chi connectivity index (χ3n) is 6.29. The molecule has 3 rings (SSSR count). The molecular weight excluding hydrogens is 526 g/mol. The fourth-order valence-electron chi connectivity index (χ4n) is 4.25. The van der Waals surface area contributed by atoms with E-state index in [-0.39, 0.29) is 5.92 Å². The summed E-state index contributed by atoms with van der Waals surface area (Å²) in [6.07, 6.45) is 11.1. The predicted octanol–water partition coefficient (Wildman–Crippen LogP) is 6.06. The van der Waals surface area contributed by atoms with Crippen LogP contribution in [0.15, 0.2) is 12.3 Å². The molecule has 0 fully saturated rings. The molecule has 0 aliphatic carbocycles. The average molecular weight is 572 g/mol. The van der Waals surface area contributed by atoms with Crippen molar-refractivity contribution in [2.75, 3.05) is 44.5 Å². The second kappa shape index (κ2) is 17.3. The van der Waals surface area contributed by atoms with Crippen LogP contribution in [0, 0.1) is 32.6 Å². The van der Waals surface area contributed by atoms with E-state index in [2.05, 4.69) is 45.7 Å². The number of hydrogen-bond acceptors (Lipinski definition) is 10. The molecule has 220 valence electrons. The molecule has 0 bridgehead atoms. The summed E-state index contributed by atoms with van der Waals surface area (Å²) in [7, 11) is 3.04. The normalized spacial score (nSPS) is 11.4. The van der Waals surface area contributed by atoms with E-state index in [1.165, 1.54) is 7.11 Å². The fourth-order valence-corrected chi connectivity index (χ4v) is 5.36. The van der Waals surface area contributed by atoms with Gasteiger partial charge in [-0.1, -0.05) is 27.2 Å². The summed E-state index contributed by atoms with van der Waals surface area (Å²) >= 11 is 1.61. The van der Waals surface area contributed by atoms with Gasteiger partial charge in [-0.25, -0.2) is 14.8 Å². The van der Waals surface area contributed by atoms with E-state index in [1.54, 1.807) is 24.6 Å². The second-order valence-corrected chi connectivity index (χ2v) is 10.2. The van der Waals surface area contributed by atoms with Crippen molar-refractivity contribution in [3.8, 4) is 23.4 Å². The minimum absolute atomic E-state index is 0.228. The van der Waals surface area contributed by atoms with Crippen molar-refractivity contribution in [3.05, 3.63) is 23.7 Å². The highest BCUT2D eigenvalue weighted by atomic mass is 32.1. The van der Waals surface area contributed by atoms with Gasteiger partial charge < -0.3 is 25.4 Å². The number of aryl methyl sites for hydroxylation is 2. The number of aromatic nitrogens is 4. The lowest BCUT2D eigenvalue weighted by atomic mass is 9.83. The van der Waals surface area contributed by atoms with Crippen molar-refractivity contribution in [1.29, 1.82) is 0 Å². The number of terminal acetylenes is 1. The first kappa shape index (κ1) is 34.5. The molecule has 0 saturated carbocycles. The number of rotatable bonds is 12. The maximum atomic E-state index is 11.8.